The molecule has 0 atom stereocenters. The summed E-state index contributed by atoms with van der Waals surface area (Å²) in [4.78, 5) is 8.74. The second-order valence-electron chi connectivity index (χ2n) is 3.98. The molecule has 2 nitrogen and oxygen atoms in total. The van der Waals surface area contributed by atoms with Gasteiger partial charge in [-0.15, -0.1) is 0 Å². The molecule has 0 aliphatic heterocycles. The van der Waals surface area contributed by atoms with Crippen molar-refractivity contribution in [1.29, 1.82) is 0 Å². The standard InChI is InChI=1S/C12H13FN2/c1-7(2)12-14-8(3)10-5-4-9(13)6-11(10)15-12/h4-7H,1-3H3. The van der Waals surface area contributed by atoms with Crippen molar-refractivity contribution in [2.45, 2.75) is 26.7 Å². The molecule has 2 rings (SSSR count). The molecule has 0 N–H and O–H groups in total. The van der Waals surface area contributed by atoms with E-state index in [0.717, 1.165) is 16.9 Å². The third-order valence-electron chi connectivity index (χ3n) is 2.38. The maximum Gasteiger partial charge on any atom is 0.131 e. The summed E-state index contributed by atoms with van der Waals surface area (Å²) >= 11 is 0. The molecular weight excluding hydrogens is 191 g/mol. The van der Waals surface area contributed by atoms with E-state index in [2.05, 4.69) is 9.97 Å². The van der Waals surface area contributed by atoms with Gasteiger partial charge in [0.15, 0.2) is 0 Å². The Morgan fingerprint density at radius 1 is 1.20 bits per heavy atom. The molecule has 1 aromatic heterocycles. The first-order chi connectivity index (χ1) is 7.08. The molecule has 0 fully saturated rings. The number of rotatable bonds is 1. The Labute approximate surface area is 88.2 Å². The fourth-order valence-corrected chi connectivity index (χ4v) is 1.54. The summed E-state index contributed by atoms with van der Waals surface area (Å²) in [5.41, 5.74) is 1.59. The van der Waals surface area contributed by atoms with Gasteiger partial charge in [-0.3, -0.25) is 0 Å². The van der Waals surface area contributed by atoms with E-state index in [-0.39, 0.29) is 11.7 Å². The Morgan fingerprint density at radius 2 is 1.93 bits per heavy atom. The molecule has 3 heteroatoms. The van der Waals surface area contributed by atoms with Gasteiger partial charge in [-0.2, -0.15) is 0 Å². The first kappa shape index (κ1) is 10.0. The molecule has 2 aromatic rings. The van der Waals surface area contributed by atoms with Crippen molar-refractivity contribution in [2.75, 3.05) is 0 Å². The second-order valence-corrected chi connectivity index (χ2v) is 3.98. The van der Waals surface area contributed by atoms with Crippen molar-refractivity contribution in [3.63, 3.8) is 0 Å². The van der Waals surface area contributed by atoms with Crippen LogP contribution in [0, 0.1) is 12.7 Å². The number of aryl methyl sites for hydroxylation is 1. The number of fused-ring (bicyclic) bond motifs is 1. The van der Waals surface area contributed by atoms with Crippen LogP contribution in [0.5, 0.6) is 0 Å². The Hall–Kier alpha value is -1.51. The van der Waals surface area contributed by atoms with Crippen molar-refractivity contribution >= 4 is 10.9 Å². The molecule has 0 aliphatic carbocycles. The van der Waals surface area contributed by atoms with Crippen LogP contribution < -0.4 is 0 Å². The summed E-state index contributed by atoms with van der Waals surface area (Å²) in [5, 5.41) is 0.917. The van der Waals surface area contributed by atoms with Gasteiger partial charge in [0.1, 0.15) is 11.6 Å². The lowest BCUT2D eigenvalue weighted by Gasteiger charge is -2.07. The van der Waals surface area contributed by atoms with Gasteiger partial charge in [-0.25, -0.2) is 14.4 Å². The molecule has 1 heterocycles. The first-order valence-corrected chi connectivity index (χ1v) is 5.01. The second kappa shape index (κ2) is 3.57. The van der Waals surface area contributed by atoms with Crippen LogP contribution in [0.25, 0.3) is 10.9 Å². The zero-order valence-corrected chi connectivity index (χ0v) is 9.08. The highest BCUT2D eigenvalue weighted by Gasteiger charge is 2.07. The Bertz CT molecular complexity index is 506. The molecule has 0 unspecified atom stereocenters. The molecule has 0 bridgehead atoms. The molecular formula is C12H13FN2. The van der Waals surface area contributed by atoms with Crippen LogP contribution in [-0.4, -0.2) is 9.97 Å². The number of aromatic nitrogens is 2. The minimum atomic E-state index is -0.254. The zero-order chi connectivity index (χ0) is 11.0. The van der Waals surface area contributed by atoms with Gasteiger partial charge in [0.25, 0.3) is 0 Å². The average Bonchev–Trinajstić information content (AvgIpc) is 2.16. The van der Waals surface area contributed by atoms with Gasteiger partial charge in [-0.1, -0.05) is 13.8 Å². The smallest absolute Gasteiger partial charge is 0.131 e. The summed E-state index contributed by atoms with van der Waals surface area (Å²) in [5.74, 6) is 0.775. The molecule has 15 heavy (non-hydrogen) atoms. The molecule has 0 aliphatic rings. The van der Waals surface area contributed by atoms with Gasteiger partial charge in [-0.05, 0) is 19.1 Å². The van der Waals surface area contributed by atoms with Crippen LogP contribution in [0.2, 0.25) is 0 Å². The lowest BCUT2D eigenvalue weighted by atomic mass is 10.1. The van der Waals surface area contributed by atoms with E-state index in [4.69, 9.17) is 0 Å². The molecule has 0 radical (unpaired) electrons. The minimum Gasteiger partial charge on any atom is -0.237 e. The molecule has 0 amide bonds. The molecule has 78 valence electrons. The maximum absolute atomic E-state index is 13.0. The Kier molecular flexibility index (Phi) is 2.39. The fourth-order valence-electron chi connectivity index (χ4n) is 1.54. The normalized spacial score (nSPS) is 11.3. The van der Waals surface area contributed by atoms with Gasteiger partial charge in [0.05, 0.1) is 5.52 Å². The van der Waals surface area contributed by atoms with Crippen LogP contribution in [0.1, 0.15) is 31.3 Å². The van der Waals surface area contributed by atoms with E-state index in [9.17, 15) is 4.39 Å². The highest BCUT2D eigenvalue weighted by Crippen LogP contribution is 2.19. The van der Waals surface area contributed by atoms with Crippen LogP contribution in [0.3, 0.4) is 0 Å². The van der Waals surface area contributed by atoms with Crippen LogP contribution >= 0.6 is 0 Å². The SMILES string of the molecule is Cc1nc(C(C)C)nc2cc(F)ccc12. The molecule has 0 saturated heterocycles. The minimum absolute atomic E-state index is 0.254. The highest BCUT2D eigenvalue weighted by molar-refractivity contribution is 5.80. The van der Waals surface area contributed by atoms with Gasteiger partial charge < -0.3 is 0 Å². The molecule has 1 aromatic carbocycles. The highest BCUT2D eigenvalue weighted by atomic mass is 19.1. The summed E-state index contributed by atoms with van der Waals surface area (Å²) in [7, 11) is 0. The molecule has 0 saturated carbocycles. The molecule has 0 spiro atoms. The van der Waals surface area contributed by atoms with Crippen molar-refractivity contribution in [2.24, 2.45) is 0 Å². The van der Waals surface area contributed by atoms with Crippen molar-refractivity contribution in [3.8, 4) is 0 Å². The van der Waals surface area contributed by atoms with E-state index in [1.807, 2.05) is 20.8 Å². The quantitative estimate of drug-likeness (QED) is 0.712. The van der Waals surface area contributed by atoms with E-state index in [0.29, 0.717) is 5.52 Å². The Balaban J connectivity index is 2.74. The number of nitrogens with zero attached hydrogens (tertiary/aromatic N) is 2. The summed E-state index contributed by atoms with van der Waals surface area (Å²) in [6, 6.07) is 4.62. The zero-order valence-electron chi connectivity index (χ0n) is 9.08. The van der Waals surface area contributed by atoms with Crippen LogP contribution in [-0.2, 0) is 0 Å². The monoisotopic (exact) mass is 204 g/mol. The lowest BCUT2D eigenvalue weighted by Crippen LogP contribution is -2.00. The van der Waals surface area contributed by atoms with Crippen molar-refractivity contribution in [1.82, 2.24) is 9.97 Å². The summed E-state index contributed by atoms with van der Waals surface area (Å²) in [6.45, 7) is 5.98. The number of halogens is 1. The third-order valence-corrected chi connectivity index (χ3v) is 2.38. The number of hydrogen-bond donors (Lipinski definition) is 0. The van der Waals surface area contributed by atoms with Crippen LogP contribution in [0.4, 0.5) is 4.39 Å². The topological polar surface area (TPSA) is 25.8 Å². The largest absolute Gasteiger partial charge is 0.237 e. The summed E-state index contributed by atoms with van der Waals surface area (Å²) < 4.78 is 13.0. The summed E-state index contributed by atoms with van der Waals surface area (Å²) in [6.07, 6.45) is 0. The van der Waals surface area contributed by atoms with E-state index in [1.165, 1.54) is 12.1 Å². The van der Waals surface area contributed by atoms with E-state index in [1.54, 1.807) is 6.07 Å². The van der Waals surface area contributed by atoms with E-state index < -0.39 is 0 Å². The third kappa shape index (κ3) is 1.82. The first-order valence-electron chi connectivity index (χ1n) is 5.01. The van der Waals surface area contributed by atoms with Crippen molar-refractivity contribution < 1.29 is 4.39 Å². The van der Waals surface area contributed by atoms with Gasteiger partial charge in [0, 0.05) is 23.1 Å². The van der Waals surface area contributed by atoms with Crippen molar-refractivity contribution in [3.05, 3.63) is 35.5 Å². The van der Waals surface area contributed by atoms with Crippen LogP contribution in [0.15, 0.2) is 18.2 Å². The number of hydrogen-bond acceptors (Lipinski definition) is 2. The van der Waals surface area contributed by atoms with Gasteiger partial charge >= 0.3 is 0 Å². The average molecular weight is 204 g/mol. The maximum atomic E-state index is 13.0. The lowest BCUT2D eigenvalue weighted by molar-refractivity contribution is 0.629. The predicted octanol–water partition coefficient (Wildman–Crippen LogP) is 3.20. The van der Waals surface area contributed by atoms with E-state index >= 15 is 0 Å². The number of benzene rings is 1. The Morgan fingerprint density at radius 3 is 2.60 bits per heavy atom. The fraction of sp³-hybridized carbons (Fsp3) is 0.333. The predicted molar refractivity (Wildman–Crippen MR) is 58.3 cm³/mol. The van der Waals surface area contributed by atoms with Gasteiger partial charge in [0.2, 0.25) is 0 Å².